The first-order valence-electron chi connectivity index (χ1n) is 8.61. The van der Waals surface area contributed by atoms with Gasteiger partial charge in [0, 0.05) is 37.2 Å². The van der Waals surface area contributed by atoms with E-state index in [1.807, 2.05) is 0 Å². The largest absolute Gasteiger partial charge is 0.329 e. The SMILES string of the molecule is CCCCCCC(C)n1c(C2CC2)nc2c1CCNC2. The first-order chi connectivity index (χ1) is 9.81. The Hall–Kier alpha value is -0.830. The van der Waals surface area contributed by atoms with Gasteiger partial charge in [-0.05, 0) is 26.2 Å². The molecule has 0 bridgehead atoms. The fourth-order valence-corrected chi connectivity index (χ4v) is 3.47. The second-order valence-electron chi connectivity index (χ2n) is 6.63. The van der Waals surface area contributed by atoms with Crippen LogP contribution in [0.2, 0.25) is 0 Å². The molecule has 0 aromatic carbocycles. The fourth-order valence-electron chi connectivity index (χ4n) is 3.47. The molecular formula is C17H29N3. The Labute approximate surface area is 123 Å². The molecule has 1 saturated carbocycles. The lowest BCUT2D eigenvalue weighted by molar-refractivity contribution is 0.442. The van der Waals surface area contributed by atoms with Gasteiger partial charge in [-0.15, -0.1) is 0 Å². The lowest BCUT2D eigenvalue weighted by Gasteiger charge is -2.22. The normalized spacial score (nSPS) is 19.9. The molecule has 1 N–H and O–H groups in total. The summed E-state index contributed by atoms with van der Waals surface area (Å²) in [6, 6.07) is 0.636. The van der Waals surface area contributed by atoms with Gasteiger partial charge in [-0.3, -0.25) is 0 Å². The highest BCUT2D eigenvalue weighted by Gasteiger charge is 2.33. The summed E-state index contributed by atoms with van der Waals surface area (Å²) in [4.78, 5) is 4.98. The Morgan fingerprint density at radius 1 is 1.30 bits per heavy atom. The zero-order valence-electron chi connectivity index (χ0n) is 13.1. The Morgan fingerprint density at radius 3 is 2.90 bits per heavy atom. The number of rotatable bonds is 7. The summed E-state index contributed by atoms with van der Waals surface area (Å²) in [5.74, 6) is 2.17. The van der Waals surface area contributed by atoms with Crippen LogP contribution in [0.15, 0.2) is 0 Å². The Morgan fingerprint density at radius 2 is 2.15 bits per heavy atom. The van der Waals surface area contributed by atoms with Crippen LogP contribution in [-0.4, -0.2) is 16.1 Å². The molecule has 1 atom stereocenters. The van der Waals surface area contributed by atoms with E-state index in [0.717, 1.165) is 25.4 Å². The van der Waals surface area contributed by atoms with E-state index in [0.29, 0.717) is 6.04 Å². The number of hydrogen-bond donors (Lipinski definition) is 1. The molecule has 2 heterocycles. The molecule has 3 nitrogen and oxygen atoms in total. The van der Waals surface area contributed by atoms with Gasteiger partial charge < -0.3 is 9.88 Å². The van der Waals surface area contributed by atoms with Crippen molar-refractivity contribution < 1.29 is 0 Å². The standard InChI is InChI=1S/C17H29N3/c1-3-4-5-6-7-13(2)20-16-10-11-18-12-15(16)19-17(20)14-8-9-14/h13-14,18H,3-12H2,1-2H3. The van der Waals surface area contributed by atoms with E-state index in [9.17, 15) is 0 Å². The molecule has 2 aliphatic rings. The molecule has 1 fully saturated rings. The minimum absolute atomic E-state index is 0.636. The maximum atomic E-state index is 4.98. The van der Waals surface area contributed by atoms with Crippen LogP contribution >= 0.6 is 0 Å². The predicted octanol–water partition coefficient (Wildman–Crippen LogP) is 3.94. The molecule has 3 heteroatoms. The number of hydrogen-bond acceptors (Lipinski definition) is 2. The van der Waals surface area contributed by atoms with E-state index in [1.54, 1.807) is 0 Å². The second-order valence-corrected chi connectivity index (χ2v) is 6.63. The van der Waals surface area contributed by atoms with Crippen LogP contribution in [0.5, 0.6) is 0 Å². The fraction of sp³-hybridized carbons (Fsp3) is 0.824. The van der Waals surface area contributed by atoms with Crippen molar-refractivity contribution in [1.29, 1.82) is 0 Å². The monoisotopic (exact) mass is 275 g/mol. The van der Waals surface area contributed by atoms with E-state index in [-0.39, 0.29) is 0 Å². The lowest BCUT2D eigenvalue weighted by Crippen LogP contribution is -2.25. The summed E-state index contributed by atoms with van der Waals surface area (Å²) in [7, 11) is 0. The average Bonchev–Trinajstić information content (AvgIpc) is 3.23. The summed E-state index contributed by atoms with van der Waals surface area (Å²) in [5.41, 5.74) is 2.87. The van der Waals surface area contributed by atoms with Gasteiger partial charge in [0.2, 0.25) is 0 Å². The van der Waals surface area contributed by atoms with Gasteiger partial charge in [-0.2, -0.15) is 0 Å². The van der Waals surface area contributed by atoms with Crippen molar-refractivity contribution in [1.82, 2.24) is 14.9 Å². The first kappa shape index (κ1) is 14.1. The molecule has 20 heavy (non-hydrogen) atoms. The number of nitrogens with one attached hydrogen (secondary N) is 1. The zero-order chi connectivity index (χ0) is 13.9. The predicted molar refractivity (Wildman–Crippen MR) is 83.1 cm³/mol. The highest BCUT2D eigenvalue weighted by molar-refractivity contribution is 5.24. The third-order valence-corrected chi connectivity index (χ3v) is 4.81. The molecule has 112 valence electrons. The highest BCUT2D eigenvalue weighted by atomic mass is 15.1. The summed E-state index contributed by atoms with van der Waals surface area (Å²) in [6.07, 6.45) is 10.6. The van der Waals surface area contributed by atoms with Gasteiger partial charge in [-0.1, -0.05) is 32.6 Å². The van der Waals surface area contributed by atoms with Crippen molar-refractivity contribution in [3.8, 4) is 0 Å². The number of unbranched alkanes of at least 4 members (excludes halogenated alkanes) is 3. The van der Waals surface area contributed by atoms with Crippen LogP contribution in [0.4, 0.5) is 0 Å². The van der Waals surface area contributed by atoms with Crippen LogP contribution in [0.3, 0.4) is 0 Å². The van der Waals surface area contributed by atoms with Crippen LogP contribution in [0, 0.1) is 0 Å². The second kappa shape index (κ2) is 6.30. The third-order valence-electron chi connectivity index (χ3n) is 4.81. The number of aromatic nitrogens is 2. The lowest BCUT2D eigenvalue weighted by atomic mass is 10.1. The smallest absolute Gasteiger partial charge is 0.112 e. The molecule has 0 spiro atoms. The van der Waals surface area contributed by atoms with Gasteiger partial charge >= 0.3 is 0 Å². The summed E-state index contributed by atoms with van der Waals surface area (Å²) < 4.78 is 2.62. The van der Waals surface area contributed by atoms with Gasteiger partial charge in [-0.25, -0.2) is 4.98 Å². The van der Waals surface area contributed by atoms with Crippen LogP contribution < -0.4 is 5.32 Å². The zero-order valence-corrected chi connectivity index (χ0v) is 13.1. The molecule has 1 aliphatic heterocycles. The van der Waals surface area contributed by atoms with Crippen molar-refractivity contribution in [3.05, 3.63) is 17.2 Å². The maximum absolute atomic E-state index is 4.98. The van der Waals surface area contributed by atoms with Gasteiger partial charge in [0.1, 0.15) is 5.82 Å². The quantitative estimate of drug-likeness (QED) is 0.764. The van der Waals surface area contributed by atoms with Crippen molar-refractivity contribution in [2.24, 2.45) is 0 Å². The molecule has 3 rings (SSSR count). The summed E-state index contributed by atoms with van der Waals surface area (Å²) >= 11 is 0. The topological polar surface area (TPSA) is 29.9 Å². The minimum atomic E-state index is 0.636. The van der Waals surface area contributed by atoms with E-state index in [1.165, 1.54) is 62.2 Å². The third kappa shape index (κ3) is 2.93. The van der Waals surface area contributed by atoms with E-state index < -0.39 is 0 Å². The van der Waals surface area contributed by atoms with Crippen molar-refractivity contribution >= 4 is 0 Å². The van der Waals surface area contributed by atoms with Crippen LogP contribution in [-0.2, 0) is 13.0 Å². The molecule has 1 unspecified atom stereocenters. The Kier molecular flexibility index (Phi) is 4.45. The maximum Gasteiger partial charge on any atom is 0.112 e. The van der Waals surface area contributed by atoms with Gasteiger partial charge in [0.15, 0.2) is 0 Å². The van der Waals surface area contributed by atoms with Crippen molar-refractivity contribution in [3.63, 3.8) is 0 Å². The van der Waals surface area contributed by atoms with Crippen LogP contribution in [0.25, 0.3) is 0 Å². The molecule has 1 aromatic rings. The van der Waals surface area contributed by atoms with Crippen LogP contribution in [0.1, 0.15) is 88.0 Å². The average molecular weight is 275 g/mol. The molecule has 1 aromatic heterocycles. The Balaban J connectivity index is 1.74. The van der Waals surface area contributed by atoms with E-state index >= 15 is 0 Å². The molecule has 0 radical (unpaired) electrons. The van der Waals surface area contributed by atoms with Crippen molar-refractivity contribution in [2.75, 3.05) is 6.54 Å². The summed E-state index contributed by atoms with van der Waals surface area (Å²) in [5, 5.41) is 3.46. The highest BCUT2D eigenvalue weighted by Crippen LogP contribution is 2.42. The molecule has 0 amide bonds. The van der Waals surface area contributed by atoms with Crippen molar-refractivity contribution in [2.45, 2.75) is 83.7 Å². The number of nitrogens with zero attached hydrogens (tertiary/aromatic N) is 2. The molecule has 1 aliphatic carbocycles. The summed E-state index contributed by atoms with van der Waals surface area (Å²) in [6.45, 7) is 6.78. The first-order valence-corrected chi connectivity index (χ1v) is 8.61. The minimum Gasteiger partial charge on any atom is -0.329 e. The van der Waals surface area contributed by atoms with Gasteiger partial charge in [0.05, 0.1) is 5.69 Å². The van der Waals surface area contributed by atoms with E-state index in [2.05, 4.69) is 23.7 Å². The Bertz CT molecular complexity index is 445. The molecular weight excluding hydrogens is 246 g/mol. The van der Waals surface area contributed by atoms with Gasteiger partial charge in [0.25, 0.3) is 0 Å². The molecule has 0 saturated heterocycles. The van der Waals surface area contributed by atoms with E-state index in [4.69, 9.17) is 4.98 Å². The number of fused-ring (bicyclic) bond motifs is 1. The number of imidazole rings is 1.